The maximum Gasteiger partial charge on any atom is 0.119 e. The van der Waals surface area contributed by atoms with Crippen LogP contribution >= 0.6 is 0 Å². The third kappa shape index (κ3) is 10.4. The Bertz CT molecular complexity index is 577. The molecule has 29 heavy (non-hydrogen) atoms. The third-order valence-electron chi connectivity index (χ3n) is 4.92. The van der Waals surface area contributed by atoms with Crippen molar-refractivity contribution in [2.75, 3.05) is 13.2 Å². The van der Waals surface area contributed by atoms with E-state index in [1.807, 2.05) is 24.3 Å². The van der Waals surface area contributed by atoms with E-state index >= 15 is 0 Å². The molecule has 0 spiro atoms. The van der Waals surface area contributed by atoms with Gasteiger partial charge in [0.25, 0.3) is 0 Å². The summed E-state index contributed by atoms with van der Waals surface area (Å²) in [6, 6.07) is 16.5. The molecule has 0 bridgehead atoms. The smallest absolute Gasteiger partial charge is 0.119 e. The average molecular weight is 399 g/mol. The largest absolute Gasteiger partial charge is 0.494 e. The van der Waals surface area contributed by atoms with Crippen molar-refractivity contribution in [3.63, 3.8) is 0 Å². The highest BCUT2D eigenvalue weighted by molar-refractivity contribution is 5.28. The number of rotatable bonds is 16. The molecular formula is C26H38O3. The van der Waals surface area contributed by atoms with Crippen LogP contribution in [0.3, 0.4) is 0 Å². The van der Waals surface area contributed by atoms with Crippen LogP contribution in [0.15, 0.2) is 48.5 Å². The molecule has 2 rings (SSSR count). The summed E-state index contributed by atoms with van der Waals surface area (Å²) in [5, 5.41) is 0. The topological polar surface area (TPSA) is 27.7 Å². The van der Waals surface area contributed by atoms with E-state index in [1.165, 1.54) is 38.5 Å². The van der Waals surface area contributed by atoms with Crippen LogP contribution in [0.2, 0.25) is 0 Å². The SMILES string of the molecule is CCCCCCOc1ccc(COCc2ccc(OCCCCCC)cc2)cc1. The Morgan fingerprint density at radius 1 is 0.517 bits per heavy atom. The van der Waals surface area contributed by atoms with Crippen molar-refractivity contribution >= 4 is 0 Å². The molecule has 0 saturated heterocycles. The molecule has 3 nitrogen and oxygen atoms in total. The van der Waals surface area contributed by atoms with Crippen LogP contribution < -0.4 is 9.47 Å². The molecule has 3 heteroatoms. The fourth-order valence-corrected chi connectivity index (χ4v) is 3.09. The average Bonchev–Trinajstić information content (AvgIpc) is 2.75. The predicted octanol–water partition coefficient (Wildman–Crippen LogP) is 7.32. The van der Waals surface area contributed by atoms with Gasteiger partial charge in [-0.15, -0.1) is 0 Å². The van der Waals surface area contributed by atoms with Crippen molar-refractivity contribution < 1.29 is 14.2 Å². The van der Waals surface area contributed by atoms with Crippen LogP contribution in [-0.2, 0) is 18.0 Å². The first kappa shape index (κ1) is 23.3. The fraction of sp³-hybridized carbons (Fsp3) is 0.538. The maximum atomic E-state index is 5.85. The number of benzene rings is 2. The number of hydrogen-bond donors (Lipinski definition) is 0. The first-order valence-electron chi connectivity index (χ1n) is 11.3. The highest BCUT2D eigenvalue weighted by atomic mass is 16.5. The van der Waals surface area contributed by atoms with Gasteiger partial charge in [-0.05, 0) is 48.2 Å². The lowest BCUT2D eigenvalue weighted by Gasteiger charge is -2.09. The Balaban J connectivity index is 1.61. The molecule has 0 amide bonds. The van der Waals surface area contributed by atoms with Crippen molar-refractivity contribution in [2.45, 2.75) is 78.4 Å². The standard InChI is InChI=1S/C26H38O3/c1-3-5-7-9-19-28-25-15-11-23(12-16-25)21-27-22-24-13-17-26(18-14-24)29-20-10-8-6-4-2/h11-18H,3-10,19-22H2,1-2H3. The Morgan fingerprint density at radius 2 is 0.931 bits per heavy atom. The lowest BCUT2D eigenvalue weighted by atomic mass is 10.2. The summed E-state index contributed by atoms with van der Waals surface area (Å²) in [4.78, 5) is 0. The van der Waals surface area contributed by atoms with Crippen LogP contribution in [0.4, 0.5) is 0 Å². The minimum Gasteiger partial charge on any atom is -0.494 e. The Kier molecular flexibility index (Phi) is 12.0. The molecule has 0 radical (unpaired) electrons. The van der Waals surface area contributed by atoms with E-state index in [9.17, 15) is 0 Å². The van der Waals surface area contributed by atoms with E-state index in [1.54, 1.807) is 0 Å². The van der Waals surface area contributed by atoms with Crippen molar-refractivity contribution in [2.24, 2.45) is 0 Å². The summed E-state index contributed by atoms with van der Waals surface area (Å²) in [6.45, 7) is 7.25. The van der Waals surface area contributed by atoms with E-state index in [4.69, 9.17) is 14.2 Å². The normalized spacial score (nSPS) is 10.8. The van der Waals surface area contributed by atoms with E-state index in [0.29, 0.717) is 13.2 Å². The molecule has 0 heterocycles. The van der Waals surface area contributed by atoms with Gasteiger partial charge in [0, 0.05) is 0 Å². The molecule has 0 aromatic heterocycles. The summed E-state index contributed by atoms with van der Waals surface area (Å²) in [5.74, 6) is 1.88. The summed E-state index contributed by atoms with van der Waals surface area (Å²) in [5.41, 5.74) is 2.32. The maximum absolute atomic E-state index is 5.85. The van der Waals surface area contributed by atoms with Crippen molar-refractivity contribution in [1.82, 2.24) is 0 Å². The van der Waals surface area contributed by atoms with Crippen LogP contribution in [0.5, 0.6) is 11.5 Å². The van der Waals surface area contributed by atoms with Crippen LogP contribution in [0.25, 0.3) is 0 Å². The first-order chi connectivity index (χ1) is 14.3. The zero-order valence-electron chi connectivity index (χ0n) is 18.3. The lowest BCUT2D eigenvalue weighted by Crippen LogP contribution is -1.99. The second-order valence-corrected chi connectivity index (χ2v) is 7.60. The van der Waals surface area contributed by atoms with Gasteiger partial charge in [0.2, 0.25) is 0 Å². The number of unbranched alkanes of at least 4 members (excludes halogenated alkanes) is 6. The Hall–Kier alpha value is -2.00. The summed E-state index contributed by atoms with van der Waals surface area (Å²) in [6.07, 6.45) is 9.83. The van der Waals surface area contributed by atoms with Crippen molar-refractivity contribution in [1.29, 1.82) is 0 Å². The second-order valence-electron chi connectivity index (χ2n) is 7.60. The summed E-state index contributed by atoms with van der Waals surface area (Å²) in [7, 11) is 0. The minimum absolute atomic E-state index is 0.604. The summed E-state index contributed by atoms with van der Waals surface area (Å²) < 4.78 is 17.4. The second kappa shape index (κ2) is 14.9. The van der Waals surface area contributed by atoms with Gasteiger partial charge in [-0.2, -0.15) is 0 Å². The molecule has 2 aromatic rings. The highest BCUT2D eigenvalue weighted by Gasteiger charge is 2.00. The molecule has 0 atom stereocenters. The molecular weight excluding hydrogens is 360 g/mol. The van der Waals surface area contributed by atoms with Gasteiger partial charge >= 0.3 is 0 Å². The molecule has 0 aliphatic carbocycles. The molecule has 0 unspecified atom stereocenters. The zero-order valence-corrected chi connectivity index (χ0v) is 18.3. The number of ether oxygens (including phenoxy) is 3. The van der Waals surface area contributed by atoms with Gasteiger partial charge < -0.3 is 14.2 Å². The Labute approximate surface area is 177 Å². The molecule has 160 valence electrons. The minimum atomic E-state index is 0.604. The van der Waals surface area contributed by atoms with Gasteiger partial charge in [0.1, 0.15) is 11.5 Å². The lowest BCUT2D eigenvalue weighted by molar-refractivity contribution is 0.107. The van der Waals surface area contributed by atoms with Gasteiger partial charge in [0.05, 0.1) is 26.4 Å². The molecule has 2 aromatic carbocycles. The third-order valence-corrected chi connectivity index (χ3v) is 4.92. The molecule has 0 aliphatic heterocycles. The van der Waals surface area contributed by atoms with Crippen LogP contribution in [0, 0.1) is 0 Å². The number of hydrogen-bond acceptors (Lipinski definition) is 3. The fourth-order valence-electron chi connectivity index (χ4n) is 3.09. The quantitative estimate of drug-likeness (QED) is 0.277. The zero-order chi connectivity index (χ0) is 20.6. The molecule has 0 fully saturated rings. The molecule has 0 saturated carbocycles. The highest BCUT2D eigenvalue weighted by Crippen LogP contribution is 2.16. The van der Waals surface area contributed by atoms with Crippen LogP contribution in [-0.4, -0.2) is 13.2 Å². The molecule has 0 N–H and O–H groups in total. The Morgan fingerprint density at radius 3 is 1.31 bits per heavy atom. The van der Waals surface area contributed by atoms with Gasteiger partial charge in [0.15, 0.2) is 0 Å². The van der Waals surface area contributed by atoms with Gasteiger partial charge in [-0.25, -0.2) is 0 Å². The van der Waals surface area contributed by atoms with E-state index in [2.05, 4.69) is 38.1 Å². The first-order valence-corrected chi connectivity index (χ1v) is 11.3. The van der Waals surface area contributed by atoms with Gasteiger partial charge in [-0.1, -0.05) is 76.6 Å². The predicted molar refractivity (Wildman–Crippen MR) is 121 cm³/mol. The van der Waals surface area contributed by atoms with E-state index in [0.717, 1.165) is 48.7 Å². The van der Waals surface area contributed by atoms with E-state index < -0.39 is 0 Å². The van der Waals surface area contributed by atoms with Crippen LogP contribution in [0.1, 0.15) is 76.3 Å². The molecule has 0 aliphatic rings. The van der Waals surface area contributed by atoms with E-state index in [-0.39, 0.29) is 0 Å². The monoisotopic (exact) mass is 398 g/mol. The van der Waals surface area contributed by atoms with Crippen molar-refractivity contribution in [3.05, 3.63) is 59.7 Å². The van der Waals surface area contributed by atoms with Gasteiger partial charge in [-0.3, -0.25) is 0 Å². The van der Waals surface area contributed by atoms with Crippen molar-refractivity contribution in [3.8, 4) is 11.5 Å². The summed E-state index contributed by atoms with van der Waals surface area (Å²) >= 11 is 0.